The third kappa shape index (κ3) is 3.18. The highest BCUT2D eigenvalue weighted by Gasteiger charge is 2.23. The summed E-state index contributed by atoms with van der Waals surface area (Å²) in [5, 5.41) is 3.33. The van der Waals surface area contributed by atoms with Crippen molar-refractivity contribution >= 4 is 5.91 Å². The van der Waals surface area contributed by atoms with Crippen LogP contribution in [0.1, 0.15) is 27.0 Å². The Kier molecular flexibility index (Phi) is 4.28. The number of carbonyl (C=O) groups is 1. The number of pyridine rings is 1. The second-order valence-electron chi connectivity index (χ2n) is 6.51. The molecule has 3 heterocycles. The van der Waals surface area contributed by atoms with Crippen LogP contribution in [0.15, 0.2) is 42.7 Å². The maximum Gasteiger partial charge on any atom is 0.253 e. The largest absolute Gasteiger partial charge is 0.336 e. The van der Waals surface area contributed by atoms with Gasteiger partial charge in [0.05, 0.1) is 0 Å². The first-order valence-electron chi connectivity index (χ1n) is 8.53. The summed E-state index contributed by atoms with van der Waals surface area (Å²) in [6.45, 7) is 6.13. The number of nitrogens with zero attached hydrogens (tertiary/aromatic N) is 3. The van der Waals surface area contributed by atoms with Crippen LogP contribution in [-0.4, -0.2) is 46.9 Å². The minimum Gasteiger partial charge on any atom is -0.336 e. The first-order valence-corrected chi connectivity index (χ1v) is 8.53. The summed E-state index contributed by atoms with van der Waals surface area (Å²) in [7, 11) is 0. The Hall–Kier alpha value is -2.24. The van der Waals surface area contributed by atoms with Crippen molar-refractivity contribution in [3.63, 3.8) is 0 Å². The van der Waals surface area contributed by atoms with E-state index in [4.69, 9.17) is 0 Å². The Morgan fingerprint density at radius 3 is 2.54 bits per heavy atom. The molecule has 24 heavy (non-hydrogen) atoms. The molecule has 5 heteroatoms. The van der Waals surface area contributed by atoms with Gasteiger partial charge in [0.2, 0.25) is 0 Å². The number of hydrogen-bond acceptors (Lipinski definition) is 4. The van der Waals surface area contributed by atoms with E-state index in [-0.39, 0.29) is 5.91 Å². The Bertz CT molecular complexity index is 723. The van der Waals surface area contributed by atoms with Gasteiger partial charge in [-0.1, -0.05) is 6.07 Å². The molecule has 1 aromatic heterocycles. The molecule has 1 fully saturated rings. The predicted octanol–water partition coefficient (Wildman–Crippen LogP) is 1.64. The molecule has 0 radical (unpaired) electrons. The number of benzene rings is 1. The van der Waals surface area contributed by atoms with E-state index >= 15 is 0 Å². The van der Waals surface area contributed by atoms with E-state index in [2.05, 4.69) is 39.5 Å². The van der Waals surface area contributed by atoms with Crippen LogP contribution in [0.4, 0.5) is 0 Å². The van der Waals surface area contributed by atoms with Crippen molar-refractivity contribution in [2.45, 2.75) is 19.6 Å². The van der Waals surface area contributed by atoms with Crippen molar-refractivity contribution < 1.29 is 4.79 Å². The molecule has 0 saturated carbocycles. The molecular formula is C19H22N4O. The normalized spacial score (nSPS) is 17.8. The number of fused-ring (bicyclic) bond motifs is 1. The quantitative estimate of drug-likeness (QED) is 0.933. The van der Waals surface area contributed by atoms with E-state index in [1.807, 2.05) is 23.4 Å². The number of aromatic nitrogens is 1. The first-order chi connectivity index (χ1) is 11.8. The Labute approximate surface area is 142 Å². The first kappa shape index (κ1) is 15.3. The minimum absolute atomic E-state index is 0.160. The fourth-order valence-corrected chi connectivity index (χ4v) is 3.47. The summed E-state index contributed by atoms with van der Waals surface area (Å²) >= 11 is 0. The zero-order valence-corrected chi connectivity index (χ0v) is 13.7. The number of carbonyl (C=O) groups excluding carboxylic acids is 1. The van der Waals surface area contributed by atoms with Crippen molar-refractivity contribution in [1.82, 2.24) is 20.1 Å². The Balaban J connectivity index is 1.36. The predicted molar refractivity (Wildman–Crippen MR) is 92.4 cm³/mol. The Morgan fingerprint density at radius 2 is 1.75 bits per heavy atom. The number of nitrogens with one attached hydrogen (secondary N) is 1. The summed E-state index contributed by atoms with van der Waals surface area (Å²) in [5.74, 6) is 0.160. The van der Waals surface area contributed by atoms with E-state index in [1.54, 1.807) is 0 Å². The molecule has 2 aliphatic rings. The maximum atomic E-state index is 12.7. The fraction of sp³-hybridized carbons (Fsp3) is 0.368. The summed E-state index contributed by atoms with van der Waals surface area (Å²) in [5.41, 5.74) is 4.67. The van der Waals surface area contributed by atoms with E-state index in [0.29, 0.717) is 0 Å². The van der Waals surface area contributed by atoms with Gasteiger partial charge in [0.1, 0.15) is 0 Å². The third-order valence-corrected chi connectivity index (χ3v) is 4.90. The summed E-state index contributed by atoms with van der Waals surface area (Å²) in [4.78, 5) is 21.2. The fourth-order valence-electron chi connectivity index (χ4n) is 3.47. The Morgan fingerprint density at radius 1 is 1.00 bits per heavy atom. The highest BCUT2D eigenvalue weighted by atomic mass is 16.2. The standard InChI is InChI=1S/C19H22N4O/c24-19(16-1-2-17-12-21-13-18(17)11-16)23-9-7-22(8-10-23)14-15-3-5-20-6-4-15/h1-6,11,21H,7-10,12-14H2. The van der Waals surface area contributed by atoms with Gasteiger partial charge in [-0.25, -0.2) is 0 Å². The second-order valence-corrected chi connectivity index (χ2v) is 6.51. The van der Waals surface area contributed by atoms with Crippen LogP contribution >= 0.6 is 0 Å². The van der Waals surface area contributed by atoms with Crippen molar-refractivity contribution in [3.05, 3.63) is 65.0 Å². The zero-order valence-electron chi connectivity index (χ0n) is 13.7. The topological polar surface area (TPSA) is 48.5 Å². The number of amides is 1. The van der Waals surface area contributed by atoms with Crippen LogP contribution in [0, 0.1) is 0 Å². The molecule has 5 nitrogen and oxygen atoms in total. The molecule has 0 spiro atoms. The van der Waals surface area contributed by atoms with E-state index in [0.717, 1.165) is 51.4 Å². The van der Waals surface area contributed by atoms with Gasteiger partial charge in [-0.15, -0.1) is 0 Å². The average molecular weight is 322 g/mol. The van der Waals surface area contributed by atoms with Gasteiger partial charge >= 0.3 is 0 Å². The highest BCUT2D eigenvalue weighted by molar-refractivity contribution is 5.94. The van der Waals surface area contributed by atoms with Crippen molar-refractivity contribution in [2.75, 3.05) is 26.2 Å². The molecule has 2 aromatic rings. The second kappa shape index (κ2) is 6.71. The van der Waals surface area contributed by atoms with Crippen LogP contribution in [0.25, 0.3) is 0 Å². The van der Waals surface area contributed by atoms with Crippen LogP contribution in [0.5, 0.6) is 0 Å². The third-order valence-electron chi connectivity index (χ3n) is 4.90. The van der Waals surface area contributed by atoms with Crippen molar-refractivity contribution in [3.8, 4) is 0 Å². The molecule has 2 aliphatic heterocycles. The van der Waals surface area contributed by atoms with Crippen LogP contribution in [0.3, 0.4) is 0 Å². The highest BCUT2D eigenvalue weighted by Crippen LogP contribution is 2.19. The van der Waals surface area contributed by atoms with Crippen LogP contribution in [-0.2, 0) is 19.6 Å². The molecule has 1 amide bonds. The van der Waals surface area contributed by atoms with Crippen molar-refractivity contribution in [1.29, 1.82) is 0 Å². The van der Waals surface area contributed by atoms with E-state index in [9.17, 15) is 4.79 Å². The zero-order chi connectivity index (χ0) is 16.4. The lowest BCUT2D eigenvalue weighted by Gasteiger charge is -2.34. The SMILES string of the molecule is O=C(c1ccc2c(c1)CNC2)N1CCN(Cc2ccncc2)CC1. The number of rotatable bonds is 3. The molecule has 0 atom stereocenters. The lowest BCUT2D eigenvalue weighted by atomic mass is 10.1. The summed E-state index contributed by atoms with van der Waals surface area (Å²) in [6.07, 6.45) is 3.66. The lowest BCUT2D eigenvalue weighted by Crippen LogP contribution is -2.48. The minimum atomic E-state index is 0.160. The molecule has 1 saturated heterocycles. The molecule has 0 bridgehead atoms. The lowest BCUT2D eigenvalue weighted by molar-refractivity contribution is 0.0628. The molecular weight excluding hydrogens is 300 g/mol. The summed E-state index contributed by atoms with van der Waals surface area (Å²) < 4.78 is 0. The number of piperazine rings is 1. The van der Waals surface area contributed by atoms with E-state index < -0.39 is 0 Å². The van der Waals surface area contributed by atoms with Gasteiger partial charge in [-0.3, -0.25) is 14.7 Å². The molecule has 1 aromatic carbocycles. The van der Waals surface area contributed by atoms with Gasteiger partial charge in [0, 0.05) is 63.8 Å². The molecule has 4 rings (SSSR count). The van der Waals surface area contributed by atoms with Gasteiger partial charge in [0.25, 0.3) is 5.91 Å². The summed E-state index contributed by atoms with van der Waals surface area (Å²) in [6, 6.07) is 10.2. The van der Waals surface area contributed by atoms with Crippen LogP contribution < -0.4 is 5.32 Å². The monoisotopic (exact) mass is 322 g/mol. The molecule has 0 aliphatic carbocycles. The van der Waals surface area contributed by atoms with E-state index in [1.165, 1.54) is 16.7 Å². The van der Waals surface area contributed by atoms with Gasteiger partial charge in [-0.2, -0.15) is 0 Å². The molecule has 0 unspecified atom stereocenters. The number of hydrogen-bond donors (Lipinski definition) is 1. The maximum absolute atomic E-state index is 12.7. The average Bonchev–Trinajstić information content (AvgIpc) is 3.10. The van der Waals surface area contributed by atoms with Crippen LogP contribution in [0.2, 0.25) is 0 Å². The smallest absolute Gasteiger partial charge is 0.253 e. The van der Waals surface area contributed by atoms with Gasteiger partial charge < -0.3 is 10.2 Å². The molecule has 1 N–H and O–H groups in total. The van der Waals surface area contributed by atoms with Crippen molar-refractivity contribution in [2.24, 2.45) is 0 Å². The van der Waals surface area contributed by atoms with Gasteiger partial charge in [0.15, 0.2) is 0 Å². The van der Waals surface area contributed by atoms with Gasteiger partial charge in [-0.05, 0) is 41.0 Å². The molecule has 124 valence electrons.